The summed E-state index contributed by atoms with van der Waals surface area (Å²) in [5, 5.41) is 0. The lowest BCUT2D eigenvalue weighted by Crippen LogP contribution is -2.29. The van der Waals surface area contributed by atoms with Crippen molar-refractivity contribution in [3.8, 4) is 0 Å². The minimum Gasteiger partial charge on any atom is -0.462 e. The number of allylic oxidation sites excluding steroid dienone is 2. The maximum atomic E-state index is 12.4. The Labute approximate surface area is 333 Å². The Morgan fingerprint density at radius 2 is 0.778 bits per heavy atom. The molecular weight excluding hydrogens is 699 g/mol. The second-order valence-electron chi connectivity index (χ2n) is 15.7. The number of esters is 2. The zero-order chi connectivity index (χ0) is 39.6. The Morgan fingerprint density at radius 3 is 1.13 bits per heavy atom. The van der Waals surface area contributed by atoms with E-state index in [-0.39, 0.29) is 19.4 Å². The zero-order valence-corrected chi connectivity index (χ0v) is 36.3. The average molecular weight is 787 g/mol. The molecule has 0 spiro atoms. The summed E-state index contributed by atoms with van der Waals surface area (Å²) >= 11 is 0. The normalized spacial score (nSPS) is 12.4. The van der Waals surface area contributed by atoms with Crippen LogP contribution < -0.4 is 0 Å². The molecule has 0 amide bonds. The molecule has 320 valence electrons. The first-order chi connectivity index (χ1) is 26.3. The quantitative estimate of drug-likeness (QED) is 0.0271. The molecule has 0 rings (SSSR count). The second kappa shape index (κ2) is 41.4. The number of ether oxygens (including phenoxy) is 2. The van der Waals surface area contributed by atoms with Crippen molar-refractivity contribution >= 4 is 19.8 Å². The average Bonchev–Trinajstić information content (AvgIpc) is 3.14. The summed E-state index contributed by atoms with van der Waals surface area (Å²) in [5.41, 5.74) is 0. The van der Waals surface area contributed by atoms with Crippen molar-refractivity contribution in [2.75, 3.05) is 13.2 Å². The maximum absolute atomic E-state index is 12.4. The maximum Gasteiger partial charge on any atom is 0.469 e. The molecule has 0 aromatic heterocycles. The molecule has 9 heteroatoms. The summed E-state index contributed by atoms with van der Waals surface area (Å²) in [6.45, 7) is 3.72. The number of hydrogen-bond donors (Lipinski definition) is 2. The van der Waals surface area contributed by atoms with Gasteiger partial charge in [-0.1, -0.05) is 206 Å². The van der Waals surface area contributed by atoms with Gasteiger partial charge >= 0.3 is 19.8 Å². The van der Waals surface area contributed by atoms with E-state index in [0.717, 1.165) is 38.5 Å². The van der Waals surface area contributed by atoms with E-state index < -0.39 is 32.5 Å². The minimum atomic E-state index is -4.75. The van der Waals surface area contributed by atoms with Crippen LogP contribution in [0.4, 0.5) is 0 Å². The monoisotopic (exact) mass is 787 g/mol. The van der Waals surface area contributed by atoms with E-state index in [2.05, 4.69) is 30.5 Å². The van der Waals surface area contributed by atoms with Gasteiger partial charge in [0.05, 0.1) is 6.61 Å². The second-order valence-corrected chi connectivity index (χ2v) is 17.0. The van der Waals surface area contributed by atoms with Gasteiger partial charge in [0.1, 0.15) is 6.61 Å². The van der Waals surface area contributed by atoms with Gasteiger partial charge in [-0.3, -0.25) is 14.1 Å². The molecule has 0 aromatic carbocycles. The molecule has 8 nitrogen and oxygen atoms in total. The number of unbranched alkanes of at least 4 members (excludes halogenated alkanes) is 31. The molecule has 54 heavy (non-hydrogen) atoms. The van der Waals surface area contributed by atoms with Gasteiger partial charge in [-0.15, -0.1) is 0 Å². The van der Waals surface area contributed by atoms with Crippen LogP contribution in [-0.2, 0) is 28.2 Å². The summed E-state index contributed by atoms with van der Waals surface area (Å²) in [6.07, 6.45) is 46.5. The van der Waals surface area contributed by atoms with Crippen LogP contribution in [-0.4, -0.2) is 41.0 Å². The molecule has 0 saturated carbocycles. The third kappa shape index (κ3) is 43.5. The van der Waals surface area contributed by atoms with E-state index in [1.807, 2.05) is 0 Å². The van der Waals surface area contributed by atoms with Gasteiger partial charge in [0.15, 0.2) is 6.10 Å². The smallest absolute Gasteiger partial charge is 0.462 e. The zero-order valence-electron chi connectivity index (χ0n) is 35.4. The molecule has 0 unspecified atom stereocenters. The van der Waals surface area contributed by atoms with Crippen molar-refractivity contribution in [1.29, 1.82) is 0 Å². The molecule has 2 N–H and O–H groups in total. The van der Waals surface area contributed by atoms with Crippen LogP contribution in [0.2, 0.25) is 0 Å². The van der Waals surface area contributed by atoms with E-state index >= 15 is 0 Å². The molecular formula is C45H87O8P. The molecule has 1 atom stereocenters. The first-order valence-corrected chi connectivity index (χ1v) is 24.5. The summed E-state index contributed by atoms with van der Waals surface area (Å²) < 4.78 is 26.5. The van der Waals surface area contributed by atoms with Crippen LogP contribution in [0.3, 0.4) is 0 Å². The van der Waals surface area contributed by atoms with E-state index in [4.69, 9.17) is 19.3 Å². The minimum absolute atomic E-state index is 0.214. The van der Waals surface area contributed by atoms with Crippen molar-refractivity contribution < 1.29 is 37.9 Å². The van der Waals surface area contributed by atoms with Crippen LogP contribution in [0.15, 0.2) is 12.2 Å². The van der Waals surface area contributed by atoms with Gasteiger partial charge in [-0.25, -0.2) is 4.57 Å². The highest BCUT2D eigenvalue weighted by atomic mass is 31.2. The third-order valence-electron chi connectivity index (χ3n) is 10.3. The molecule has 0 fully saturated rings. The van der Waals surface area contributed by atoms with Crippen LogP contribution in [0.25, 0.3) is 0 Å². The molecule has 0 bridgehead atoms. The Bertz CT molecular complexity index is 889. The van der Waals surface area contributed by atoms with Gasteiger partial charge < -0.3 is 19.3 Å². The number of phosphoric acid groups is 1. The van der Waals surface area contributed by atoms with Crippen molar-refractivity contribution in [2.24, 2.45) is 0 Å². The third-order valence-corrected chi connectivity index (χ3v) is 10.8. The molecule has 0 aromatic rings. The highest BCUT2D eigenvalue weighted by Crippen LogP contribution is 2.36. The summed E-state index contributed by atoms with van der Waals surface area (Å²) in [5.74, 6) is -0.872. The largest absolute Gasteiger partial charge is 0.469 e. The van der Waals surface area contributed by atoms with Crippen LogP contribution in [0.1, 0.15) is 245 Å². The lowest BCUT2D eigenvalue weighted by Gasteiger charge is -2.18. The van der Waals surface area contributed by atoms with E-state index in [9.17, 15) is 14.2 Å². The number of carbonyl (C=O) groups is 2. The fraction of sp³-hybridized carbons (Fsp3) is 0.911. The number of carbonyl (C=O) groups excluding carboxylic acids is 2. The SMILES string of the molecule is CCCCCCCC/C=C\CCCCCCCCCCCC(=O)O[C@H](COC(=O)CCCCCCCCCCCCCCCCCCC)COP(=O)(O)O. The molecule has 0 saturated heterocycles. The van der Waals surface area contributed by atoms with E-state index in [1.54, 1.807) is 0 Å². The lowest BCUT2D eigenvalue weighted by molar-refractivity contribution is -0.161. The Balaban J connectivity index is 3.84. The fourth-order valence-electron chi connectivity index (χ4n) is 6.84. The summed E-state index contributed by atoms with van der Waals surface area (Å²) in [4.78, 5) is 42.9. The summed E-state index contributed by atoms with van der Waals surface area (Å²) in [6, 6.07) is 0. The van der Waals surface area contributed by atoms with Gasteiger partial charge in [0.25, 0.3) is 0 Å². The molecule has 0 radical (unpaired) electrons. The van der Waals surface area contributed by atoms with Crippen LogP contribution >= 0.6 is 7.82 Å². The van der Waals surface area contributed by atoms with Crippen LogP contribution in [0, 0.1) is 0 Å². The van der Waals surface area contributed by atoms with Gasteiger partial charge in [0, 0.05) is 12.8 Å². The Morgan fingerprint density at radius 1 is 0.463 bits per heavy atom. The van der Waals surface area contributed by atoms with Crippen LogP contribution in [0.5, 0.6) is 0 Å². The van der Waals surface area contributed by atoms with Crippen molar-refractivity contribution in [2.45, 2.75) is 251 Å². The Hall–Kier alpha value is -1.21. The van der Waals surface area contributed by atoms with Gasteiger partial charge in [-0.2, -0.15) is 0 Å². The highest BCUT2D eigenvalue weighted by Gasteiger charge is 2.23. The number of hydrogen-bond acceptors (Lipinski definition) is 6. The van der Waals surface area contributed by atoms with Gasteiger partial charge in [-0.05, 0) is 38.5 Å². The van der Waals surface area contributed by atoms with E-state index in [1.165, 1.54) is 173 Å². The molecule has 0 heterocycles. The Kier molecular flexibility index (Phi) is 40.5. The highest BCUT2D eigenvalue weighted by molar-refractivity contribution is 7.46. The topological polar surface area (TPSA) is 119 Å². The van der Waals surface area contributed by atoms with Crippen molar-refractivity contribution in [3.05, 3.63) is 12.2 Å². The predicted octanol–water partition coefficient (Wildman–Crippen LogP) is 14.2. The lowest BCUT2D eigenvalue weighted by atomic mass is 10.0. The number of rotatable bonds is 43. The van der Waals surface area contributed by atoms with Crippen molar-refractivity contribution in [1.82, 2.24) is 0 Å². The fourth-order valence-corrected chi connectivity index (χ4v) is 7.20. The first-order valence-electron chi connectivity index (χ1n) is 23.0. The predicted molar refractivity (Wildman–Crippen MR) is 226 cm³/mol. The van der Waals surface area contributed by atoms with Crippen molar-refractivity contribution in [3.63, 3.8) is 0 Å². The molecule has 0 aliphatic carbocycles. The standard InChI is InChI=1S/C45H87O8P/c1-3-5-7-9-11-13-15-17-19-21-22-24-26-28-30-32-34-36-38-40-45(47)53-43(42-52-54(48,49)50)41-51-44(46)39-37-35-33-31-29-27-25-23-20-18-16-14-12-10-8-6-4-2/h17,19,43H,3-16,18,20-42H2,1-2H3,(H2,48,49,50)/b19-17-/t43-/m1/s1. The molecule has 0 aliphatic rings. The number of phosphoric ester groups is 1. The molecule has 0 aliphatic heterocycles. The first kappa shape index (κ1) is 52.8. The van der Waals surface area contributed by atoms with E-state index in [0.29, 0.717) is 6.42 Å². The summed E-state index contributed by atoms with van der Waals surface area (Å²) in [7, 11) is -4.75. The van der Waals surface area contributed by atoms with Gasteiger partial charge in [0.2, 0.25) is 0 Å².